The fraction of sp³-hybridized carbons (Fsp3) is 0.143. The van der Waals surface area contributed by atoms with E-state index in [1.165, 1.54) is 11.1 Å². The quantitative estimate of drug-likeness (QED) is 0.654. The topological polar surface area (TPSA) is 63.0 Å². The molecule has 2 aromatic rings. The second-order valence-electron chi connectivity index (χ2n) is 3.31. The molecule has 0 atom stereocenters. The number of hydrogen-bond acceptors (Lipinski definition) is 0. The minimum Gasteiger partial charge on any atom is -0.412 e. The van der Waals surface area contributed by atoms with Crippen LogP contribution >= 0.6 is 0 Å². The number of rotatable bonds is 0. The molecule has 16 heavy (non-hydrogen) atoms. The van der Waals surface area contributed by atoms with Crippen molar-refractivity contribution in [2.75, 3.05) is 0 Å². The van der Waals surface area contributed by atoms with E-state index in [9.17, 15) is 0 Å². The van der Waals surface area contributed by atoms with Crippen LogP contribution in [0, 0.1) is 13.8 Å². The predicted molar refractivity (Wildman–Crippen MR) is 69.6 cm³/mol. The van der Waals surface area contributed by atoms with Crippen LogP contribution in [0.3, 0.4) is 0 Å². The van der Waals surface area contributed by atoms with Gasteiger partial charge in [-0.15, -0.1) is 0 Å². The molecule has 0 spiro atoms. The maximum atomic E-state index is 2.08. The molecule has 0 aliphatic carbocycles. The van der Waals surface area contributed by atoms with Crippen molar-refractivity contribution in [1.29, 1.82) is 0 Å². The monoisotopic (exact) mass is 220 g/mol. The van der Waals surface area contributed by atoms with E-state index < -0.39 is 0 Å². The van der Waals surface area contributed by atoms with E-state index in [0.717, 1.165) is 0 Å². The minimum atomic E-state index is 0. The van der Waals surface area contributed by atoms with Gasteiger partial charge in [0.25, 0.3) is 0 Å². The first kappa shape index (κ1) is 16.8. The summed E-state index contributed by atoms with van der Waals surface area (Å²) in [5, 5.41) is 0. The molecule has 2 nitrogen and oxygen atoms in total. The summed E-state index contributed by atoms with van der Waals surface area (Å²) in [6.45, 7) is 4.17. The fourth-order valence-corrected chi connectivity index (χ4v) is 1.07. The van der Waals surface area contributed by atoms with E-state index in [-0.39, 0.29) is 11.0 Å². The van der Waals surface area contributed by atoms with Crippen molar-refractivity contribution in [2.45, 2.75) is 13.8 Å². The summed E-state index contributed by atoms with van der Waals surface area (Å²) in [5.74, 6) is 0. The van der Waals surface area contributed by atoms with Gasteiger partial charge in [0, 0.05) is 0 Å². The van der Waals surface area contributed by atoms with Crippen molar-refractivity contribution in [1.82, 2.24) is 0 Å². The maximum Gasteiger partial charge on any atom is -0.0398 e. The SMILES string of the molecule is Cc1ccccc1.Cc1ccccc1.O.O. The zero-order valence-electron chi connectivity index (χ0n) is 9.77. The van der Waals surface area contributed by atoms with Crippen molar-refractivity contribution >= 4 is 0 Å². The molecule has 88 valence electrons. The first-order valence-corrected chi connectivity index (χ1v) is 4.82. The molecule has 2 aromatic carbocycles. The predicted octanol–water partition coefficient (Wildman–Crippen LogP) is 2.34. The van der Waals surface area contributed by atoms with Gasteiger partial charge in [-0.3, -0.25) is 0 Å². The minimum absolute atomic E-state index is 0. The van der Waals surface area contributed by atoms with Crippen LogP contribution in [0.15, 0.2) is 60.7 Å². The molecule has 0 saturated carbocycles. The van der Waals surface area contributed by atoms with Gasteiger partial charge in [-0.2, -0.15) is 0 Å². The van der Waals surface area contributed by atoms with Crippen LogP contribution in [0.25, 0.3) is 0 Å². The molecule has 0 aliphatic rings. The Kier molecular flexibility index (Phi) is 10.4. The molecule has 0 unspecified atom stereocenters. The van der Waals surface area contributed by atoms with E-state index in [0.29, 0.717) is 0 Å². The van der Waals surface area contributed by atoms with Crippen molar-refractivity contribution in [3.63, 3.8) is 0 Å². The normalized spacial score (nSPS) is 7.62. The van der Waals surface area contributed by atoms with Crippen LogP contribution in [0.1, 0.15) is 11.1 Å². The van der Waals surface area contributed by atoms with Gasteiger partial charge in [0.2, 0.25) is 0 Å². The van der Waals surface area contributed by atoms with E-state index in [4.69, 9.17) is 0 Å². The van der Waals surface area contributed by atoms with Crippen LogP contribution in [0.5, 0.6) is 0 Å². The molecule has 0 bridgehead atoms. The number of hydrogen-bond donors (Lipinski definition) is 0. The van der Waals surface area contributed by atoms with E-state index in [1.807, 2.05) is 36.4 Å². The number of aryl methyl sites for hydroxylation is 2. The zero-order chi connectivity index (χ0) is 10.2. The lowest BCUT2D eigenvalue weighted by atomic mass is 10.2. The van der Waals surface area contributed by atoms with Gasteiger partial charge in [0.15, 0.2) is 0 Å². The lowest BCUT2D eigenvalue weighted by Crippen LogP contribution is -1.62. The molecule has 0 aromatic heterocycles. The van der Waals surface area contributed by atoms with Crippen LogP contribution in [-0.2, 0) is 0 Å². The van der Waals surface area contributed by atoms with E-state index in [2.05, 4.69) is 38.1 Å². The third-order valence-corrected chi connectivity index (χ3v) is 1.88. The highest BCUT2D eigenvalue weighted by molar-refractivity contribution is 5.12. The van der Waals surface area contributed by atoms with Crippen LogP contribution in [0.2, 0.25) is 0 Å². The van der Waals surface area contributed by atoms with Crippen molar-refractivity contribution in [3.05, 3.63) is 71.8 Å². The number of benzene rings is 2. The highest BCUT2D eigenvalue weighted by Gasteiger charge is 1.72. The Morgan fingerprint density at radius 2 is 0.750 bits per heavy atom. The Morgan fingerprint density at radius 3 is 0.875 bits per heavy atom. The molecule has 0 fully saturated rings. The first-order valence-electron chi connectivity index (χ1n) is 4.82. The van der Waals surface area contributed by atoms with Crippen molar-refractivity contribution in [2.24, 2.45) is 0 Å². The van der Waals surface area contributed by atoms with E-state index >= 15 is 0 Å². The molecule has 0 amide bonds. The summed E-state index contributed by atoms with van der Waals surface area (Å²) in [6.07, 6.45) is 0. The third-order valence-electron chi connectivity index (χ3n) is 1.88. The molecule has 0 saturated heterocycles. The van der Waals surface area contributed by atoms with Gasteiger partial charge in [-0.25, -0.2) is 0 Å². The molecule has 2 rings (SSSR count). The van der Waals surface area contributed by atoms with Gasteiger partial charge < -0.3 is 11.0 Å². The third kappa shape index (κ3) is 7.74. The zero-order valence-corrected chi connectivity index (χ0v) is 9.77. The summed E-state index contributed by atoms with van der Waals surface area (Å²) in [7, 11) is 0. The maximum absolute atomic E-state index is 2.08. The smallest absolute Gasteiger partial charge is 0.0398 e. The van der Waals surface area contributed by atoms with Gasteiger partial charge >= 0.3 is 0 Å². The summed E-state index contributed by atoms with van der Waals surface area (Å²) < 4.78 is 0. The van der Waals surface area contributed by atoms with Crippen molar-refractivity contribution in [3.8, 4) is 0 Å². The van der Waals surface area contributed by atoms with Gasteiger partial charge in [0.1, 0.15) is 0 Å². The average Bonchev–Trinajstić information content (AvgIpc) is 2.21. The fourth-order valence-electron chi connectivity index (χ4n) is 1.07. The molecule has 0 radical (unpaired) electrons. The van der Waals surface area contributed by atoms with E-state index in [1.54, 1.807) is 0 Å². The van der Waals surface area contributed by atoms with Gasteiger partial charge in [-0.05, 0) is 13.8 Å². The first-order chi connectivity index (χ1) is 6.79. The summed E-state index contributed by atoms with van der Waals surface area (Å²) in [4.78, 5) is 0. The molecule has 2 heteroatoms. The summed E-state index contributed by atoms with van der Waals surface area (Å²) in [5.41, 5.74) is 2.64. The van der Waals surface area contributed by atoms with Crippen LogP contribution < -0.4 is 0 Å². The molecule has 0 heterocycles. The Hall–Kier alpha value is -1.64. The highest BCUT2D eigenvalue weighted by atomic mass is 16.0. The molecule has 4 N–H and O–H groups in total. The van der Waals surface area contributed by atoms with Crippen LogP contribution in [-0.4, -0.2) is 11.0 Å². The van der Waals surface area contributed by atoms with Crippen molar-refractivity contribution < 1.29 is 11.0 Å². The molecular weight excluding hydrogens is 200 g/mol. The highest BCUT2D eigenvalue weighted by Crippen LogP contribution is 1.92. The Morgan fingerprint density at radius 1 is 0.500 bits per heavy atom. The second kappa shape index (κ2) is 9.90. The summed E-state index contributed by atoms with van der Waals surface area (Å²) >= 11 is 0. The molecule has 0 aliphatic heterocycles. The standard InChI is InChI=1S/2C7H8.2H2O/c2*1-7-5-3-2-4-6-7;;/h2*2-6H,1H3;2*1H2. The lowest BCUT2D eigenvalue weighted by molar-refractivity contribution is 0.823. The van der Waals surface area contributed by atoms with Crippen LogP contribution in [0.4, 0.5) is 0 Å². The largest absolute Gasteiger partial charge is 0.412 e. The lowest BCUT2D eigenvalue weighted by Gasteiger charge is -1.82. The van der Waals surface area contributed by atoms with Gasteiger partial charge in [0.05, 0.1) is 0 Å². The Labute approximate surface area is 97.2 Å². The molecular formula is C14H20O2. The summed E-state index contributed by atoms with van der Waals surface area (Å²) in [6, 6.07) is 20.5. The Bertz CT molecular complexity index is 306. The Balaban J connectivity index is 0. The van der Waals surface area contributed by atoms with Gasteiger partial charge in [-0.1, -0.05) is 71.8 Å². The second-order valence-corrected chi connectivity index (χ2v) is 3.31. The average molecular weight is 220 g/mol.